The van der Waals surface area contributed by atoms with Gasteiger partial charge >= 0.3 is 5.97 Å². The first-order valence-electron chi connectivity index (χ1n) is 6.96. The molecule has 0 saturated heterocycles. The average molecular weight is 344 g/mol. The van der Waals surface area contributed by atoms with Crippen molar-refractivity contribution in [3.8, 4) is 0 Å². The van der Waals surface area contributed by atoms with E-state index in [0.29, 0.717) is 0 Å². The highest BCUT2D eigenvalue weighted by Crippen LogP contribution is 2.29. The normalized spacial score (nSPS) is 12.4. The maximum atomic E-state index is 14.1. The summed E-state index contributed by atoms with van der Waals surface area (Å²) < 4.78 is 24.4. The molecule has 6 nitrogen and oxygen atoms in total. The molecular weight excluding hydrogens is 325 g/mol. The van der Waals surface area contributed by atoms with Gasteiger partial charge in [0.1, 0.15) is 5.15 Å². The fraction of sp³-hybridized carbons (Fsp3) is 0.533. The smallest absolute Gasteiger partial charge is 0.307 e. The summed E-state index contributed by atoms with van der Waals surface area (Å²) >= 11 is 5.83. The Morgan fingerprint density at radius 3 is 2.78 bits per heavy atom. The second-order valence-corrected chi connectivity index (χ2v) is 5.61. The molecule has 0 aromatic carbocycles. The Morgan fingerprint density at radius 1 is 1.61 bits per heavy atom. The lowest BCUT2D eigenvalue weighted by atomic mass is 9.95. The summed E-state index contributed by atoms with van der Waals surface area (Å²) in [6, 6.07) is 0.384. The van der Waals surface area contributed by atoms with E-state index in [1.165, 1.54) is 7.11 Å². The Balaban J connectivity index is 3.09. The molecule has 0 saturated carbocycles. The van der Waals surface area contributed by atoms with Crippen LogP contribution in [0, 0.1) is 12.4 Å². The molecule has 8 heteroatoms. The maximum Gasteiger partial charge on any atom is 0.307 e. The summed E-state index contributed by atoms with van der Waals surface area (Å²) in [4.78, 5) is 18.7. The maximum absolute atomic E-state index is 14.1. The number of ether oxygens (including phenoxy) is 2. The molecule has 0 spiro atoms. The van der Waals surface area contributed by atoms with E-state index in [2.05, 4.69) is 15.1 Å². The SMILES string of the molecule is [C-]#[N+]c1cc(F)c(NC(CC(=O)OCC)C(C)(C)OC)nc1Cl. The third kappa shape index (κ3) is 5.05. The number of carbonyl (C=O) groups is 1. The fourth-order valence-corrected chi connectivity index (χ4v) is 1.98. The van der Waals surface area contributed by atoms with E-state index < -0.39 is 23.4 Å². The molecule has 1 N–H and O–H groups in total. The minimum atomic E-state index is -0.800. The second kappa shape index (κ2) is 8.09. The van der Waals surface area contributed by atoms with E-state index in [-0.39, 0.29) is 29.7 Å². The second-order valence-electron chi connectivity index (χ2n) is 5.25. The minimum absolute atomic E-state index is 0.0437. The third-order valence-electron chi connectivity index (χ3n) is 3.38. The molecule has 1 heterocycles. The van der Waals surface area contributed by atoms with Crippen LogP contribution < -0.4 is 5.32 Å². The number of pyridine rings is 1. The lowest BCUT2D eigenvalue weighted by Gasteiger charge is -2.33. The van der Waals surface area contributed by atoms with E-state index in [9.17, 15) is 9.18 Å². The Labute approximate surface area is 139 Å². The topological polar surface area (TPSA) is 64.8 Å². The minimum Gasteiger partial charge on any atom is -0.466 e. The zero-order chi connectivity index (χ0) is 17.6. The van der Waals surface area contributed by atoms with Crippen molar-refractivity contribution >= 4 is 29.1 Å². The van der Waals surface area contributed by atoms with Gasteiger partial charge in [-0.25, -0.2) is 14.2 Å². The molecule has 1 rings (SSSR count). The molecule has 126 valence electrons. The summed E-state index contributed by atoms with van der Waals surface area (Å²) in [5, 5.41) is 2.70. The van der Waals surface area contributed by atoms with Gasteiger partial charge in [0.15, 0.2) is 11.6 Å². The molecule has 1 aromatic rings. The predicted octanol–water partition coefficient (Wildman–Crippen LogP) is 3.58. The molecule has 0 radical (unpaired) electrons. The Bertz CT molecular complexity index is 617. The lowest BCUT2D eigenvalue weighted by molar-refractivity contribution is -0.145. The Kier molecular flexibility index (Phi) is 6.73. The molecule has 1 atom stereocenters. The van der Waals surface area contributed by atoms with Crippen molar-refractivity contribution in [3.63, 3.8) is 0 Å². The number of aromatic nitrogens is 1. The molecule has 1 unspecified atom stereocenters. The van der Waals surface area contributed by atoms with Crippen LogP contribution in [0.25, 0.3) is 4.85 Å². The summed E-state index contributed by atoms with van der Waals surface area (Å²) in [5.74, 6) is -1.33. The average Bonchev–Trinajstić information content (AvgIpc) is 2.49. The van der Waals surface area contributed by atoms with Crippen molar-refractivity contribution in [3.05, 3.63) is 28.5 Å². The summed E-state index contributed by atoms with van der Waals surface area (Å²) in [6.07, 6.45) is -0.0437. The number of nitrogens with one attached hydrogen (secondary N) is 1. The number of methoxy groups -OCH3 is 1. The van der Waals surface area contributed by atoms with Gasteiger partial charge in [-0.1, -0.05) is 11.6 Å². The van der Waals surface area contributed by atoms with Crippen LogP contribution in [-0.4, -0.2) is 36.3 Å². The zero-order valence-electron chi connectivity index (χ0n) is 13.4. The number of hydrogen-bond acceptors (Lipinski definition) is 5. The Hall–Kier alpha value is -1.91. The fourth-order valence-electron chi connectivity index (χ4n) is 1.80. The van der Waals surface area contributed by atoms with Crippen LogP contribution in [0.1, 0.15) is 27.2 Å². The summed E-state index contributed by atoms with van der Waals surface area (Å²) in [5.41, 5.74) is -0.881. The monoisotopic (exact) mass is 343 g/mol. The van der Waals surface area contributed by atoms with Crippen molar-refractivity contribution in [2.24, 2.45) is 0 Å². The van der Waals surface area contributed by atoms with E-state index >= 15 is 0 Å². The van der Waals surface area contributed by atoms with Gasteiger partial charge in [-0.2, -0.15) is 0 Å². The first kappa shape index (κ1) is 19.1. The van der Waals surface area contributed by atoms with E-state index in [1.54, 1.807) is 20.8 Å². The number of halogens is 2. The van der Waals surface area contributed by atoms with Gasteiger partial charge in [-0.15, -0.1) is 0 Å². The Morgan fingerprint density at radius 2 is 2.26 bits per heavy atom. The largest absolute Gasteiger partial charge is 0.466 e. The van der Waals surface area contributed by atoms with Crippen LogP contribution in [0.3, 0.4) is 0 Å². The molecule has 0 aliphatic rings. The zero-order valence-corrected chi connectivity index (χ0v) is 14.2. The highest BCUT2D eigenvalue weighted by atomic mass is 35.5. The number of anilines is 1. The molecule has 0 aliphatic carbocycles. The van der Waals surface area contributed by atoms with Gasteiger partial charge in [-0.3, -0.25) is 4.79 Å². The van der Waals surface area contributed by atoms with Gasteiger partial charge in [0, 0.05) is 7.11 Å². The summed E-state index contributed by atoms with van der Waals surface area (Å²) in [7, 11) is 1.48. The van der Waals surface area contributed by atoms with Gasteiger partial charge < -0.3 is 14.8 Å². The number of rotatable bonds is 7. The number of carbonyl (C=O) groups excluding carboxylic acids is 1. The lowest BCUT2D eigenvalue weighted by Crippen LogP contribution is -2.45. The number of nitrogens with zero attached hydrogens (tertiary/aromatic N) is 2. The van der Waals surface area contributed by atoms with Crippen molar-refractivity contribution < 1.29 is 18.7 Å². The van der Waals surface area contributed by atoms with Crippen LogP contribution in [0.4, 0.5) is 15.9 Å². The van der Waals surface area contributed by atoms with Crippen molar-refractivity contribution in [1.82, 2.24) is 4.98 Å². The third-order valence-corrected chi connectivity index (χ3v) is 3.66. The first-order valence-corrected chi connectivity index (χ1v) is 7.33. The summed E-state index contributed by atoms with van der Waals surface area (Å²) in [6.45, 7) is 12.3. The molecule has 0 bridgehead atoms. The van der Waals surface area contributed by atoms with Crippen molar-refractivity contribution in [1.29, 1.82) is 0 Å². The van der Waals surface area contributed by atoms with Crippen LogP contribution in [0.2, 0.25) is 5.15 Å². The van der Waals surface area contributed by atoms with Crippen molar-refractivity contribution in [2.75, 3.05) is 19.0 Å². The van der Waals surface area contributed by atoms with Gasteiger partial charge in [0.05, 0.1) is 31.2 Å². The highest BCUT2D eigenvalue weighted by molar-refractivity contribution is 6.32. The predicted molar refractivity (Wildman–Crippen MR) is 85.2 cm³/mol. The molecule has 1 aromatic heterocycles. The molecule has 23 heavy (non-hydrogen) atoms. The van der Waals surface area contributed by atoms with E-state index in [4.69, 9.17) is 27.6 Å². The highest BCUT2D eigenvalue weighted by Gasteiger charge is 2.33. The first-order chi connectivity index (χ1) is 10.7. The van der Waals surface area contributed by atoms with Gasteiger partial charge in [-0.05, 0) is 26.8 Å². The van der Waals surface area contributed by atoms with Crippen molar-refractivity contribution in [2.45, 2.75) is 38.8 Å². The van der Waals surface area contributed by atoms with E-state index in [0.717, 1.165) is 6.07 Å². The standard InChI is InChI=1S/C15H19ClFN3O3/c1-6-23-12(21)8-11(15(2,3)22-5)19-14-9(17)7-10(18-4)13(16)20-14/h7,11H,6,8H2,1-3,5H3,(H,19,20). The molecule has 0 fully saturated rings. The molecular formula is C15H19ClFN3O3. The van der Waals surface area contributed by atoms with E-state index in [1.807, 2.05) is 0 Å². The van der Waals surface area contributed by atoms with Crippen LogP contribution in [-0.2, 0) is 14.3 Å². The number of hydrogen-bond donors (Lipinski definition) is 1. The van der Waals surface area contributed by atoms with Crippen LogP contribution >= 0.6 is 11.6 Å². The quantitative estimate of drug-likeness (QED) is 0.465. The van der Waals surface area contributed by atoms with Crippen LogP contribution in [0.5, 0.6) is 0 Å². The number of esters is 1. The molecule has 0 aliphatic heterocycles. The van der Waals surface area contributed by atoms with Crippen LogP contribution in [0.15, 0.2) is 6.07 Å². The molecule has 0 amide bonds. The van der Waals surface area contributed by atoms with Gasteiger partial charge in [0.2, 0.25) is 5.69 Å². The van der Waals surface area contributed by atoms with Gasteiger partial charge in [0.25, 0.3) is 0 Å².